The Morgan fingerprint density at radius 1 is 1.14 bits per heavy atom. The predicted octanol–water partition coefficient (Wildman–Crippen LogP) is 2.81. The van der Waals surface area contributed by atoms with E-state index in [1.165, 1.54) is 12.1 Å². The van der Waals surface area contributed by atoms with Gasteiger partial charge in [-0.1, -0.05) is 35.0 Å². The molecule has 0 aliphatic carbocycles. The van der Waals surface area contributed by atoms with Crippen molar-refractivity contribution in [2.45, 2.75) is 17.9 Å². The summed E-state index contributed by atoms with van der Waals surface area (Å²) in [5.74, 6) is -1.63. The number of rotatable bonds is 7. The van der Waals surface area contributed by atoms with Crippen LogP contribution in [0.25, 0.3) is 0 Å². The first-order valence-corrected chi connectivity index (χ1v) is 10.2. The number of carbonyl (C=O) groups excluding carboxylic acids is 1. The van der Waals surface area contributed by atoms with E-state index in [1.54, 1.807) is 24.3 Å². The van der Waals surface area contributed by atoms with Gasteiger partial charge in [0.1, 0.15) is 5.82 Å². The van der Waals surface area contributed by atoms with Crippen molar-refractivity contribution in [2.75, 3.05) is 5.75 Å². The summed E-state index contributed by atoms with van der Waals surface area (Å²) in [6, 6.07) is 11.6. The summed E-state index contributed by atoms with van der Waals surface area (Å²) in [6.45, 7) is 0.176. The Labute approximate surface area is 165 Å². The van der Waals surface area contributed by atoms with Gasteiger partial charge in [-0.2, -0.15) is 4.98 Å². The number of benzene rings is 2. The minimum atomic E-state index is -3.64. The summed E-state index contributed by atoms with van der Waals surface area (Å²) in [4.78, 5) is 16.0. The Morgan fingerprint density at radius 2 is 1.86 bits per heavy atom. The van der Waals surface area contributed by atoms with Crippen LogP contribution in [-0.2, 0) is 22.8 Å². The Balaban J connectivity index is 1.58. The number of carbonyl (C=O) groups is 1. The van der Waals surface area contributed by atoms with Crippen molar-refractivity contribution >= 4 is 27.3 Å². The lowest BCUT2D eigenvalue weighted by Gasteiger charge is -2.04. The lowest BCUT2D eigenvalue weighted by molar-refractivity contribution is 0.0907. The molecular formula is C18H15ClFN3O4S. The molecule has 10 heteroatoms. The molecule has 0 bridgehead atoms. The van der Waals surface area contributed by atoms with Crippen LogP contribution in [0.2, 0.25) is 5.02 Å². The summed E-state index contributed by atoms with van der Waals surface area (Å²) in [7, 11) is -3.64. The minimum absolute atomic E-state index is 0.00454. The zero-order valence-corrected chi connectivity index (χ0v) is 16.0. The van der Waals surface area contributed by atoms with Gasteiger partial charge in [-0.05, 0) is 35.9 Å². The highest BCUT2D eigenvalue weighted by atomic mass is 35.5. The second-order valence-electron chi connectivity index (χ2n) is 5.81. The quantitative estimate of drug-likeness (QED) is 0.586. The lowest BCUT2D eigenvalue weighted by Crippen LogP contribution is -2.23. The second-order valence-corrected chi connectivity index (χ2v) is 8.33. The van der Waals surface area contributed by atoms with Crippen molar-refractivity contribution in [2.24, 2.45) is 0 Å². The van der Waals surface area contributed by atoms with Crippen LogP contribution in [0.3, 0.4) is 0 Å². The van der Waals surface area contributed by atoms with Crippen LogP contribution >= 0.6 is 11.6 Å². The van der Waals surface area contributed by atoms with Crippen molar-refractivity contribution in [3.8, 4) is 0 Å². The van der Waals surface area contributed by atoms with Gasteiger partial charge < -0.3 is 9.84 Å². The number of hydrogen-bond donors (Lipinski definition) is 1. The van der Waals surface area contributed by atoms with E-state index in [4.69, 9.17) is 16.1 Å². The lowest BCUT2D eigenvalue weighted by atomic mass is 10.2. The van der Waals surface area contributed by atoms with Gasteiger partial charge in [0.2, 0.25) is 0 Å². The molecule has 28 heavy (non-hydrogen) atoms. The Morgan fingerprint density at radius 3 is 2.57 bits per heavy atom. The summed E-state index contributed by atoms with van der Waals surface area (Å²) in [6.07, 6.45) is -0.0546. The summed E-state index contributed by atoms with van der Waals surface area (Å²) in [5.41, 5.74) is 0.725. The van der Waals surface area contributed by atoms with Gasteiger partial charge in [-0.15, -0.1) is 0 Å². The second kappa shape index (κ2) is 8.49. The van der Waals surface area contributed by atoms with Crippen LogP contribution in [-0.4, -0.2) is 30.2 Å². The molecule has 1 aromatic heterocycles. The molecule has 0 aliphatic heterocycles. The maximum atomic E-state index is 12.9. The number of amides is 1. The van der Waals surface area contributed by atoms with Crippen molar-refractivity contribution in [1.82, 2.24) is 15.5 Å². The maximum Gasteiger partial charge on any atom is 0.315 e. The molecule has 1 N–H and O–H groups in total. The monoisotopic (exact) mass is 423 g/mol. The van der Waals surface area contributed by atoms with E-state index in [0.29, 0.717) is 5.02 Å². The van der Waals surface area contributed by atoms with Crippen molar-refractivity contribution in [1.29, 1.82) is 0 Å². The van der Waals surface area contributed by atoms with Gasteiger partial charge >= 0.3 is 11.8 Å². The molecule has 0 unspecified atom stereocenters. The molecule has 1 amide bonds. The fraction of sp³-hybridized carbons (Fsp3) is 0.167. The highest BCUT2D eigenvalue weighted by molar-refractivity contribution is 7.91. The predicted molar refractivity (Wildman–Crippen MR) is 99.1 cm³/mol. The number of aromatic nitrogens is 2. The first-order chi connectivity index (χ1) is 13.3. The number of aryl methyl sites for hydroxylation is 1. The smallest absolute Gasteiger partial charge is 0.315 e. The van der Waals surface area contributed by atoms with Crippen LogP contribution in [0.4, 0.5) is 4.39 Å². The van der Waals surface area contributed by atoms with Gasteiger partial charge in [0, 0.05) is 18.0 Å². The number of nitrogens with one attached hydrogen (secondary N) is 1. The van der Waals surface area contributed by atoms with Crippen LogP contribution in [0.15, 0.2) is 57.9 Å². The number of sulfone groups is 1. The highest BCUT2D eigenvalue weighted by Crippen LogP contribution is 2.15. The van der Waals surface area contributed by atoms with Crippen LogP contribution < -0.4 is 5.32 Å². The largest absolute Gasteiger partial charge is 0.344 e. The molecular weight excluding hydrogens is 409 g/mol. The number of nitrogens with zero attached hydrogens (tertiary/aromatic N) is 2. The SMILES string of the molecule is O=C(NCc1ccccc1Cl)c1nc(CCS(=O)(=O)c2ccc(F)cc2)no1. The normalized spacial score (nSPS) is 11.4. The molecule has 1 heterocycles. The molecule has 0 atom stereocenters. The van der Waals surface area contributed by atoms with E-state index < -0.39 is 21.6 Å². The molecule has 146 valence electrons. The molecule has 7 nitrogen and oxygen atoms in total. The first kappa shape index (κ1) is 20.0. The van der Waals surface area contributed by atoms with Gasteiger partial charge in [-0.25, -0.2) is 12.8 Å². The molecule has 0 spiro atoms. The van der Waals surface area contributed by atoms with Gasteiger partial charge in [0.05, 0.1) is 10.6 Å². The van der Waals surface area contributed by atoms with E-state index >= 15 is 0 Å². The van der Waals surface area contributed by atoms with Gasteiger partial charge in [0.25, 0.3) is 0 Å². The van der Waals surface area contributed by atoms with E-state index in [9.17, 15) is 17.6 Å². The summed E-state index contributed by atoms with van der Waals surface area (Å²) in [5, 5.41) is 6.74. The molecule has 0 fully saturated rings. The molecule has 2 aromatic carbocycles. The fourth-order valence-electron chi connectivity index (χ4n) is 2.33. The van der Waals surface area contributed by atoms with Gasteiger partial charge in [-0.3, -0.25) is 4.79 Å². The standard InChI is InChI=1S/C18H15ClFN3O4S/c19-15-4-2-1-3-12(15)11-21-17(24)18-22-16(23-27-18)9-10-28(25,26)14-7-5-13(20)6-8-14/h1-8H,9-11H2,(H,21,24). The molecule has 0 aliphatic rings. The number of hydrogen-bond acceptors (Lipinski definition) is 6. The van der Waals surface area contributed by atoms with Crippen LogP contribution in [0.1, 0.15) is 22.1 Å². The number of halogens is 2. The van der Waals surface area contributed by atoms with Gasteiger partial charge in [0.15, 0.2) is 15.7 Å². The Kier molecular flexibility index (Phi) is 6.05. The van der Waals surface area contributed by atoms with E-state index in [2.05, 4.69) is 15.5 Å². The summed E-state index contributed by atoms with van der Waals surface area (Å²) >= 11 is 6.02. The van der Waals surface area contributed by atoms with Crippen LogP contribution in [0, 0.1) is 5.82 Å². The third kappa shape index (κ3) is 4.93. The van der Waals surface area contributed by atoms with Crippen LogP contribution in [0.5, 0.6) is 0 Å². The zero-order valence-electron chi connectivity index (χ0n) is 14.4. The maximum absolute atomic E-state index is 12.9. The minimum Gasteiger partial charge on any atom is -0.344 e. The molecule has 0 saturated heterocycles. The van der Waals surface area contributed by atoms with E-state index in [1.807, 2.05) is 0 Å². The van der Waals surface area contributed by atoms with Crippen molar-refractivity contribution < 1.29 is 22.1 Å². The fourth-order valence-corrected chi connectivity index (χ4v) is 3.77. The third-order valence-electron chi connectivity index (χ3n) is 3.83. The van der Waals surface area contributed by atoms with E-state index in [0.717, 1.165) is 17.7 Å². The Hall–Kier alpha value is -2.78. The topological polar surface area (TPSA) is 102 Å². The average Bonchev–Trinajstić information content (AvgIpc) is 3.15. The Bertz CT molecular complexity index is 1080. The average molecular weight is 424 g/mol. The molecule has 3 rings (SSSR count). The zero-order chi connectivity index (χ0) is 20.1. The molecule has 3 aromatic rings. The first-order valence-electron chi connectivity index (χ1n) is 8.18. The molecule has 0 radical (unpaired) electrons. The highest BCUT2D eigenvalue weighted by Gasteiger charge is 2.19. The van der Waals surface area contributed by atoms with E-state index in [-0.39, 0.29) is 35.3 Å². The summed E-state index contributed by atoms with van der Waals surface area (Å²) < 4.78 is 42.3. The molecule has 0 saturated carbocycles. The third-order valence-corrected chi connectivity index (χ3v) is 5.93. The van der Waals surface area contributed by atoms with Crippen molar-refractivity contribution in [3.63, 3.8) is 0 Å². The van der Waals surface area contributed by atoms with Crippen molar-refractivity contribution in [3.05, 3.63) is 76.6 Å².